The van der Waals surface area contributed by atoms with Crippen molar-refractivity contribution in [2.75, 3.05) is 5.32 Å². The summed E-state index contributed by atoms with van der Waals surface area (Å²) in [7, 11) is 0. The van der Waals surface area contributed by atoms with Crippen molar-refractivity contribution >= 4 is 5.69 Å². The number of hydrogen-bond donors (Lipinski definition) is 1. The monoisotopic (exact) mass is 249 g/mol. The first kappa shape index (κ1) is 13.1. The Morgan fingerprint density at radius 1 is 1.11 bits per heavy atom. The minimum absolute atomic E-state index is 0.457. The topological polar surface area (TPSA) is 30.5 Å². The summed E-state index contributed by atoms with van der Waals surface area (Å²) in [5.74, 6) is 1.79. The third kappa shape index (κ3) is 3.09. The summed E-state index contributed by atoms with van der Waals surface area (Å²) in [5.41, 5.74) is 1.09. The predicted octanol–water partition coefficient (Wildman–Crippen LogP) is 4.04. The lowest BCUT2D eigenvalue weighted by molar-refractivity contribution is -0.0431. The van der Waals surface area contributed by atoms with Gasteiger partial charge in [0.05, 0.1) is 0 Å². The maximum absolute atomic E-state index is 5.74. The van der Waals surface area contributed by atoms with Gasteiger partial charge < -0.3 is 14.8 Å². The van der Waals surface area contributed by atoms with Gasteiger partial charge in [0.2, 0.25) is 5.79 Å². The summed E-state index contributed by atoms with van der Waals surface area (Å²) in [4.78, 5) is 0. The Hall–Kier alpha value is -1.38. The largest absolute Gasteiger partial charge is 0.449 e. The van der Waals surface area contributed by atoms with Crippen molar-refractivity contribution in [3.05, 3.63) is 18.2 Å². The van der Waals surface area contributed by atoms with E-state index in [2.05, 4.69) is 26.1 Å². The number of ether oxygens (including phenoxy) is 2. The van der Waals surface area contributed by atoms with Gasteiger partial charge in [-0.3, -0.25) is 0 Å². The van der Waals surface area contributed by atoms with Gasteiger partial charge in [-0.2, -0.15) is 0 Å². The fourth-order valence-electron chi connectivity index (χ4n) is 2.36. The maximum atomic E-state index is 5.74. The molecule has 1 unspecified atom stereocenters. The van der Waals surface area contributed by atoms with Gasteiger partial charge in [0.1, 0.15) is 0 Å². The highest BCUT2D eigenvalue weighted by molar-refractivity contribution is 5.56. The highest BCUT2D eigenvalue weighted by Gasteiger charge is 2.31. The smallest absolute Gasteiger partial charge is 0.246 e. The summed E-state index contributed by atoms with van der Waals surface area (Å²) in [6.07, 6.45) is 1.15. The Morgan fingerprint density at radius 2 is 1.78 bits per heavy atom. The molecule has 1 N–H and O–H groups in total. The van der Waals surface area contributed by atoms with E-state index < -0.39 is 5.79 Å². The standard InChI is InChI=1S/C15H23NO2/c1-10(2)8-11(3)16-12-6-7-13-14(9-12)18-15(4,5)17-13/h6-7,9-11,16H,8H2,1-5H3. The molecule has 1 aromatic rings. The lowest BCUT2D eigenvalue weighted by Crippen LogP contribution is -2.29. The molecule has 1 aromatic carbocycles. The first-order chi connectivity index (χ1) is 8.35. The minimum atomic E-state index is -0.551. The van der Waals surface area contributed by atoms with Crippen LogP contribution in [0.5, 0.6) is 11.5 Å². The van der Waals surface area contributed by atoms with Crippen LogP contribution in [0.4, 0.5) is 5.69 Å². The van der Waals surface area contributed by atoms with Crippen molar-refractivity contribution in [3.8, 4) is 11.5 Å². The van der Waals surface area contributed by atoms with Gasteiger partial charge >= 0.3 is 0 Å². The molecule has 0 saturated carbocycles. The zero-order chi connectivity index (χ0) is 13.3. The van der Waals surface area contributed by atoms with Gasteiger partial charge in [-0.15, -0.1) is 0 Å². The van der Waals surface area contributed by atoms with E-state index >= 15 is 0 Å². The predicted molar refractivity (Wildman–Crippen MR) is 74.3 cm³/mol. The minimum Gasteiger partial charge on any atom is -0.449 e. The van der Waals surface area contributed by atoms with Gasteiger partial charge in [-0.1, -0.05) is 13.8 Å². The Morgan fingerprint density at radius 3 is 2.44 bits per heavy atom. The van der Waals surface area contributed by atoms with Crippen LogP contribution in [0.15, 0.2) is 18.2 Å². The molecule has 0 spiro atoms. The fourth-order valence-corrected chi connectivity index (χ4v) is 2.36. The molecule has 3 nitrogen and oxygen atoms in total. The second kappa shape index (κ2) is 4.71. The average Bonchev–Trinajstić information content (AvgIpc) is 2.49. The molecule has 0 amide bonds. The van der Waals surface area contributed by atoms with Crippen LogP contribution in [0.1, 0.15) is 41.0 Å². The highest BCUT2D eigenvalue weighted by Crippen LogP contribution is 2.40. The van der Waals surface area contributed by atoms with Crippen molar-refractivity contribution in [1.29, 1.82) is 0 Å². The zero-order valence-corrected chi connectivity index (χ0v) is 11.9. The molecular weight excluding hydrogens is 226 g/mol. The van der Waals surface area contributed by atoms with Gasteiger partial charge in [-0.05, 0) is 31.4 Å². The number of anilines is 1. The third-order valence-corrected chi connectivity index (χ3v) is 2.89. The van der Waals surface area contributed by atoms with E-state index in [-0.39, 0.29) is 0 Å². The molecule has 1 heterocycles. The first-order valence-electron chi connectivity index (χ1n) is 6.64. The number of fused-ring (bicyclic) bond motifs is 1. The second-order valence-corrected chi connectivity index (χ2v) is 5.94. The van der Waals surface area contributed by atoms with Crippen LogP contribution in [0, 0.1) is 5.92 Å². The lowest BCUT2D eigenvalue weighted by atomic mass is 10.1. The molecule has 1 aliphatic heterocycles. The van der Waals surface area contributed by atoms with E-state index in [4.69, 9.17) is 9.47 Å². The molecule has 0 fully saturated rings. The maximum Gasteiger partial charge on any atom is 0.246 e. The Bertz CT molecular complexity index is 427. The van der Waals surface area contributed by atoms with Crippen LogP contribution in [-0.4, -0.2) is 11.8 Å². The van der Waals surface area contributed by atoms with E-state index in [9.17, 15) is 0 Å². The van der Waals surface area contributed by atoms with Crippen molar-refractivity contribution in [2.45, 2.75) is 52.9 Å². The fraction of sp³-hybridized carbons (Fsp3) is 0.600. The molecule has 0 aromatic heterocycles. The quantitative estimate of drug-likeness (QED) is 0.873. The first-order valence-corrected chi connectivity index (χ1v) is 6.64. The van der Waals surface area contributed by atoms with Gasteiger partial charge in [0.15, 0.2) is 11.5 Å². The van der Waals surface area contributed by atoms with E-state index in [1.165, 1.54) is 0 Å². The van der Waals surface area contributed by atoms with Crippen molar-refractivity contribution < 1.29 is 9.47 Å². The van der Waals surface area contributed by atoms with Crippen LogP contribution in [-0.2, 0) is 0 Å². The van der Waals surface area contributed by atoms with Gasteiger partial charge in [0, 0.05) is 31.6 Å². The van der Waals surface area contributed by atoms with Crippen molar-refractivity contribution in [1.82, 2.24) is 0 Å². The lowest BCUT2D eigenvalue weighted by Gasteiger charge is -2.17. The molecule has 0 aliphatic carbocycles. The van der Waals surface area contributed by atoms with E-state index in [0.717, 1.165) is 23.6 Å². The van der Waals surface area contributed by atoms with Crippen LogP contribution in [0.25, 0.3) is 0 Å². The number of nitrogens with one attached hydrogen (secondary N) is 1. The van der Waals surface area contributed by atoms with Gasteiger partial charge in [-0.25, -0.2) is 0 Å². The number of benzene rings is 1. The average molecular weight is 249 g/mol. The Labute approximate surface area is 109 Å². The van der Waals surface area contributed by atoms with E-state index in [1.807, 2.05) is 32.0 Å². The third-order valence-electron chi connectivity index (χ3n) is 2.89. The summed E-state index contributed by atoms with van der Waals surface area (Å²) in [6, 6.07) is 6.48. The van der Waals surface area contributed by atoms with Gasteiger partial charge in [0.25, 0.3) is 0 Å². The summed E-state index contributed by atoms with van der Waals surface area (Å²) >= 11 is 0. The summed E-state index contributed by atoms with van der Waals surface area (Å²) < 4.78 is 11.4. The van der Waals surface area contributed by atoms with Crippen molar-refractivity contribution in [3.63, 3.8) is 0 Å². The molecule has 100 valence electrons. The summed E-state index contributed by atoms with van der Waals surface area (Å²) in [6.45, 7) is 10.5. The Kier molecular flexibility index (Phi) is 3.42. The SMILES string of the molecule is CC(C)CC(C)Nc1ccc2c(c1)OC(C)(C)O2. The molecule has 1 aliphatic rings. The van der Waals surface area contributed by atoms with E-state index in [1.54, 1.807) is 0 Å². The van der Waals surface area contributed by atoms with Crippen LogP contribution in [0.3, 0.4) is 0 Å². The molecule has 18 heavy (non-hydrogen) atoms. The molecular formula is C15H23NO2. The number of hydrogen-bond acceptors (Lipinski definition) is 3. The molecule has 2 rings (SSSR count). The zero-order valence-electron chi connectivity index (χ0n) is 11.9. The van der Waals surface area contributed by atoms with E-state index in [0.29, 0.717) is 12.0 Å². The van der Waals surface area contributed by atoms with Crippen LogP contribution < -0.4 is 14.8 Å². The highest BCUT2D eigenvalue weighted by atomic mass is 16.7. The molecule has 3 heteroatoms. The normalized spacial score (nSPS) is 17.9. The van der Waals surface area contributed by atoms with Crippen molar-refractivity contribution in [2.24, 2.45) is 5.92 Å². The number of rotatable bonds is 4. The van der Waals surface area contributed by atoms with Crippen LogP contribution in [0.2, 0.25) is 0 Å². The van der Waals surface area contributed by atoms with Crippen LogP contribution >= 0.6 is 0 Å². The molecule has 0 radical (unpaired) electrons. The molecule has 0 saturated heterocycles. The molecule has 1 atom stereocenters. The second-order valence-electron chi connectivity index (χ2n) is 5.94. The Balaban J connectivity index is 2.05. The summed E-state index contributed by atoms with van der Waals surface area (Å²) in [5, 5.41) is 3.49. The molecule has 0 bridgehead atoms.